The van der Waals surface area contributed by atoms with E-state index in [0.717, 1.165) is 6.07 Å². The molecule has 7 nitrogen and oxygen atoms in total. The third-order valence-corrected chi connectivity index (χ3v) is 4.51. The van der Waals surface area contributed by atoms with E-state index in [2.05, 4.69) is 25.9 Å². The maximum absolute atomic E-state index is 14.5. The lowest BCUT2D eigenvalue weighted by Crippen LogP contribution is -2.19. The summed E-state index contributed by atoms with van der Waals surface area (Å²) < 4.78 is 20.6. The Labute approximate surface area is 171 Å². The molecule has 0 aliphatic rings. The van der Waals surface area contributed by atoms with Crippen molar-refractivity contribution in [3.63, 3.8) is 0 Å². The minimum atomic E-state index is -1.54. The summed E-state index contributed by atoms with van der Waals surface area (Å²) in [5.74, 6) is -2.04. The van der Waals surface area contributed by atoms with E-state index in [4.69, 9.17) is 16.3 Å². The number of ether oxygens (including phenoxy) is 1. The zero-order valence-corrected chi connectivity index (χ0v) is 16.7. The molecule has 1 aromatic carbocycles. The molecule has 28 heavy (non-hydrogen) atoms. The predicted molar refractivity (Wildman–Crippen MR) is 103 cm³/mol. The van der Waals surface area contributed by atoms with Crippen LogP contribution in [0.15, 0.2) is 41.1 Å². The Morgan fingerprint density at radius 3 is 2.64 bits per heavy atom. The fraction of sp³-hybridized carbons (Fsp3) is 0.111. The lowest BCUT2D eigenvalue weighted by molar-refractivity contribution is 0.0514. The summed E-state index contributed by atoms with van der Waals surface area (Å²) in [6.45, 7) is 1.59. The molecule has 0 atom stereocenters. The number of carboxylic acid groups (broad SMARTS) is 1. The molecule has 0 aliphatic heterocycles. The van der Waals surface area contributed by atoms with Crippen molar-refractivity contribution in [2.45, 2.75) is 6.92 Å². The number of carbonyl (C=O) groups is 2. The topological polar surface area (TPSA) is 94.3 Å². The monoisotopic (exact) mass is 467 g/mol. The van der Waals surface area contributed by atoms with E-state index >= 15 is 0 Å². The van der Waals surface area contributed by atoms with E-state index in [1.54, 1.807) is 19.1 Å². The highest BCUT2D eigenvalue weighted by molar-refractivity contribution is 9.10. The van der Waals surface area contributed by atoms with Gasteiger partial charge in [0.1, 0.15) is 16.1 Å². The molecule has 3 aromatic rings. The lowest BCUT2D eigenvalue weighted by Gasteiger charge is -2.09. The van der Waals surface area contributed by atoms with Crippen LogP contribution in [-0.4, -0.2) is 38.3 Å². The molecule has 0 saturated carbocycles. The van der Waals surface area contributed by atoms with E-state index in [-0.39, 0.29) is 34.4 Å². The van der Waals surface area contributed by atoms with Crippen molar-refractivity contribution in [3.8, 4) is 22.6 Å². The fourth-order valence-corrected chi connectivity index (χ4v) is 3.07. The molecule has 0 fully saturated rings. The number of esters is 1. The number of aromatic nitrogens is 3. The highest BCUT2D eigenvalue weighted by atomic mass is 79.9. The first kappa shape index (κ1) is 20.0. The van der Waals surface area contributed by atoms with Gasteiger partial charge in [0.05, 0.1) is 17.2 Å². The Hall–Kier alpha value is -2.78. The van der Waals surface area contributed by atoms with Crippen molar-refractivity contribution in [2.75, 3.05) is 6.61 Å². The van der Waals surface area contributed by atoms with E-state index in [9.17, 15) is 19.1 Å². The molecule has 3 rings (SSSR count). The van der Waals surface area contributed by atoms with Gasteiger partial charge in [-0.05, 0) is 47.1 Å². The predicted octanol–water partition coefficient (Wildman–Crippen LogP) is 4.87. The van der Waals surface area contributed by atoms with E-state index in [1.807, 2.05) is 0 Å². The van der Waals surface area contributed by atoms with Gasteiger partial charge in [0, 0.05) is 11.8 Å². The molecular weight excluding hydrogens is 457 g/mol. The number of halogens is 3. The molecule has 0 unspecified atom stereocenters. The standard InChI is InChI=1S/C18H12BrClFN3O4/c1-2-28-17(25)15-14(9-6-7-12(19)22-8-9)23-16(24(15)18(26)27)13-10(20)4-3-5-11(13)21/h3-8H,2H2,1H3,(H,26,27). The van der Waals surface area contributed by atoms with E-state index in [1.165, 1.54) is 18.3 Å². The zero-order chi connectivity index (χ0) is 20.4. The number of imidazole rings is 1. The molecule has 10 heteroatoms. The highest BCUT2D eigenvalue weighted by Gasteiger charge is 2.31. The summed E-state index contributed by atoms with van der Waals surface area (Å²) in [7, 11) is 0. The number of benzene rings is 1. The van der Waals surface area contributed by atoms with Crippen LogP contribution in [0.5, 0.6) is 0 Å². The molecule has 144 valence electrons. The van der Waals surface area contributed by atoms with Crippen molar-refractivity contribution < 1.29 is 23.8 Å². The SMILES string of the molecule is CCOC(=O)c1c(-c2ccc(Br)nc2)nc(-c2c(F)cccc2Cl)n1C(=O)O. The van der Waals surface area contributed by atoms with Gasteiger partial charge in [-0.25, -0.2) is 28.5 Å². The largest absolute Gasteiger partial charge is 0.464 e. The third kappa shape index (κ3) is 3.63. The van der Waals surface area contributed by atoms with Crippen molar-refractivity contribution in [1.82, 2.24) is 14.5 Å². The van der Waals surface area contributed by atoms with Gasteiger partial charge in [0.2, 0.25) is 0 Å². The van der Waals surface area contributed by atoms with Gasteiger partial charge in [-0.2, -0.15) is 0 Å². The lowest BCUT2D eigenvalue weighted by atomic mass is 10.1. The quantitative estimate of drug-likeness (QED) is 0.434. The second kappa shape index (κ2) is 8.07. The normalized spacial score (nSPS) is 10.7. The number of pyridine rings is 1. The Morgan fingerprint density at radius 2 is 2.07 bits per heavy atom. The van der Waals surface area contributed by atoms with Crippen LogP contribution in [0, 0.1) is 5.82 Å². The van der Waals surface area contributed by atoms with Gasteiger partial charge in [-0.3, -0.25) is 0 Å². The summed E-state index contributed by atoms with van der Waals surface area (Å²) >= 11 is 9.29. The maximum atomic E-state index is 14.5. The number of hydrogen-bond acceptors (Lipinski definition) is 5. The summed E-state index contributed by atoms with van der Waals surface area (Å²) in [5.41, 5.74) is -0.281. The molecule has 0 spiro atoms. The van der Waals surface area contributed by atoms with Crippen molar-refractivity contribution in [2.24, 2.45) is 0 Å². The fourth-order valence-electron chi connectivity index (χ4n) is 2.59. The van der Waals surface area contributed by atoms with Crippen LogP contribution >= 0.6 is 27.5 Å². The number of rotatable bonds is 4. The van der Waals surface area contributed by atoms with Crippen LogP contribution in [0.4, 0.5) is 9.18 Å². The van der Waals surface area contributed by atoms with Crippen LogP contribution in [0.25, 0.3) is 22.6 Å². The smallest absolute Gasteiger partial charge is 0.418 e. The minimum absolute atomic E-state index is 0.0114. The van der Waals surface area contributed by atoms with Crippen LogP contribution in [0.3, 0.4) is 0 Å². The van der Waals surface area contributed by atoms with Gasteiger partial charge in [0.25, 0.3) is 0 Å². The maximum Gasteiger partial charge on any atom is 0.418 e. The molecule has 2 aromatic heterocycles. The Morgan fingerprint density at radius 1 is 1.32 bits per heavy atom. The second-order valence-electron chi connectivity index (χ2n) is 5.44. The third-order valence-electron chi connectivity index (χ3n) is 3.72. The first-order chi connectivity index (χ1) is 13.3. The van der Waals surface area contributed by atoms with Crippen LogP contribution in [-0.2, 0) is 4.74 Å². The molecule has 0 amide bonds. The van der Waals surface area contributed by atoms with E-state index < -0.39 is 17.9 Å². The molecule has 0 bridgehead atoms. The van der Waals surface area contributed by atoms with Crippen molar-refractivity contribution in [3.05, 3.63) is 57.7 Å². The minimum Gasteiger partial charge on any atom is -0.464 e. The molecule has 1 N–H and O–H groups in total. The summed E-state index contributed by atoms with van der Waals surface area (Å²) in [6, 6.07) is 7.07. The number of nitrogens with zero attached hydrogens (tertiary/aromatic N) is 3. The van der Waals surface area contributed by atoms with Gasteiger partial charge in [-0.1, -0.05) is 17.7 Å². The first-order valence-corrected chi connectivity index (χ1v) is 9.11. The van der Waals surface area contributed by atoms with Gasteiger partial charge < -0.3 is 9.84 Å². The average Bonchev–Trinajstić information content (AvgIpc) is 3.03. The molecule has 0 saturated heterocycles. The summed E-state index contributed by atoms with van der Waals surface area (Å²) in [4.78, 5) is 32.8. The summed E-state index contributed by atoms with van der Waals surface area (Å²) in [5, 5.41) is 9.69. The molecule has 0 radical (unpaired) electrons. The van der Waals surface area contributed by atoms with Crippen LogP contribution in [0.1, 0.15) is 17.4 Å². The molecular formula is C18H12BrClFN3O4. The molecule has 0 aliphatic carbocycles. The Kier molecular flexibility index (Phi) is 5.76. The van der Waals surface area contributed by atoms with Crippen LogP contribution < -0.4 is 0 Å². The van der Waals surface area contributed by atoms with Crippen LogP contribution in [0.2, 0.25) is 5.02 Å². The van der Waals surface area contributed by atoms with Crippen molar-refractivity contribution in [1.29, 1.82) is 0 Å². The average molecular weight is 469 g/mol. The van der Waals surface area contributed by atoms with Gasteiger partial charge in [0.15, 0.2) is 11.5 Å². The zero-order valence-electron chi connectivity index (χ0n) is 14.3. The van der Waals surface area contributed by atoms with Gasteiger partial charge >= 0.3 is 12.1 Å². The number of hydrogen-bond donors (Lipinski definition) is 1. The second-order valence-corrected chi connectivity index (χ2v) is 6.66. The van der Waals surface area contributed by atoms with Crippen molar-refractivity contribution >= 4 is 39.6 Å². The van der Waals surface area contributed by atoms with Gasteiger partial charge in [-0.15, -0.1) is 0 Å². The molecule has 2 heterocycles. The Bertz CT molecular complexity index is 1050. The summed E-state index contributed by atoms with van der Waals surface area (Å²) in [6.07, 6.45) is -0.144. The first-order valence-electron chi connectivity index (χ1n) is 7.94. The number of carbonyl (C=O) groups excluding carboxylic acids is 1. The van der Waals surface area contributed by atoms with E-state index in [0.29, 0.717) is 14.7 Å². The highest BCUT2D eigenvalue weighted by Crippen LogP contribution is 2.35. The Balaban J connectivity index is 2.38.